The quantitative estimate of drug-likeness (QED) is 0.668. The Labute approximate surface area is 82.1 Å². The van der Waals surface area contributed by atoms with E-state index in [2.05, 4.69) is 4.74 Å². The van der Waals surface area contributed by atoms with Gasteiger partial charge in [-0.05, 0) is 13.0 Å². The molecule has 0 unspecified atom stereocenters. The number of pyridine rings is 1. The highest BCUT2D eigenvalue weighted by Crippen LogP contribution is 1.96. The summed E-state index contributed by atoms with van der Waals surface area (Å²) in [6, 6.07) is 5.01. The van der Waals surface area contributed by atoms with Crippen LogP contribution in [0.3, 0.4) is 0 Å². The predicted molar refractivity (Wildman–Crippen MR) is 52.1 cm³/mol. The standard InChI is InChI=1S/C10H13NO3/c1-8-4-3-5-9(12)11(8)7-6-10(13)14-2/h3-5H,6-7H2,1-2H3. The van der Waals surface area contributed by atoms with Crippen molar-refractivity contribution in [3.63, 3.8) is 0 Å². The zero-order valence-corrected chi connectivity index (χ0v) is 8.32. The monoisotopic (exact) mass is 195 g/mol. The number of methoxy groups -OCH3 is 1. The molecule has 0 N–H and O–H groups in total. The maximum Gasteiger partial charge on any atom is 0.307 e. The fourth-order valence-electron chi connectivity index (χ4n) is 1.22. The van der Waals surface area contributed by atoms with E-state index in [1.165, 1.54) is 13.2 Å². The third-order valence-electron chi connectivity index (χ3n) is 2.04. The van der Waals surface area contributed by atoms with Gasteiger partial charge in [-0.15, -0.1) is 0 Å². The van der Waals surface area contributed by atoms with E-state index >= 15 is 0 Å². The van der Waals surface area contributed by atoms with Crippen LogP contribution in [0.5, 0.6) is 0 Å². The molecule has 1 heterocycles. The van der Waals surface area contributed by atoms with E-state index in [-0.39, 0.29) is 17.9 Å². The number of rotatable bonds is 3. The van der Waals surface area contributed by atoms with Crippen molar-refractivity contribution in [2.45, 2.75) is 19.9 Å². The van der Waals surface area contributed by atoms with E-state index in [1.54, 1.807) is 10.6 Å². The Balaban J connectivity index is 2.76. The minimum atomic E-state index is -0.305. The Morgan fingerprint density at radius 3 is 2.79 bits per heavy atom. The highest BCUT2D eigenvalue weighted by atomic mass is 16.5. The van der Waals surface area contributed by atoms with Crippen LogP contribution < -0.4 is 5.56 Å². The zero-order valence-electron chi connectivity index (χ0n) is 8.32. The molecule has 0 spiro atoms. The maximum absolute atomic E-state index is 11.4. The summed E-state index contributed by atoms with van der Waals surface area (Å²) in [4.78, 5) is 22.2. The number of nitrogens with zero attached hydrogens (tertiary/aromatic N) is 1. The van der Waals surface area contributed by atoms with Crippen molar-refractivity contribution in [2.75, 3.05) is 7.11 Å². The van der Waals surface area contributed by atoms with E-state index in [0.29, 0.717) is 6.54 Å². The molecule has 0 bridgehead atoms. The van der Waals surface area contributed by atoms with E-state index in [1.807, 2.05) is 13.0 Å². The smallest absolute Gasteiger partial charge is 0.307 e. The number of carbonyl (C=O) groups is 1. The average molecular weight is 195 g/mol. The molecule has 0 aliphatic rings. The van der Waals surface area contributed by atoms with E-state index in [4.69, 9.17) is 0 Å². The van der Waals surface area contributed by atoms with Crippen molar-refractivity contribution in [3.8, 4) is 0 Å². The minimum Gasteiger partial charge on any atom is -0.469 e. The Morgan fingerprint density at radius 1 is 1.50 bits per heavy atom. The van der Waals surface area contributed by atoms with Gasteiger partial charge in [0.1, 0.15) is 0 Å². The number of carbonyl (C=O) groups excluding carboxylic acids is 1. The van der Waals surface area contributed by atoms with Crippen molar-refractivity contribution < 1.29 is 9.53 Å². The lowest BCUT2D eigenvalue weighted by molar-refractivity contribution is -0.140. The number of hydrogen-bond donors (Lipinski definition) is 0. The SMILES string of the molecule is COC(=O)CCn1c(C)cccc1=O. The van der Waals surface area contributed by atoms with E-state index < -0.39 is 0 Å². The Bertz CT molecular complexity index is 381. The van der Waals surface area contributed by atoms with Crippen molar-refractivity contribution in [1.82, 2.24) is 4.57 Å². The van der Waals surface area contributed by atoms with Crippen LogP contribution in [0.25, 0.3) is 0 Å². The van der Waals surface area contributed by atoms with Gasteiger partial charge in [-0.1, -0.05) is 6.07 Å². The summed E-state index contributed by atoms with van der Waals surface area (Å²) < 4.78 is 6.05. The molecule has 0 aromatic carbocycles. The molecule has 4 heteroatoms. The number of hydrogen-bond acceptors (Lipinski definition) is 3. The summed E-state index contributed by atoms with van der Waals surface area (Å²) >= 11 is 0. The number of aromatic nitrogens is 1. The fourth-order valence-corrected chi connectivity index (χ4v) is 1.22. The van der Waals surface area contributed by atoms with Crippen molar-refractivity contribution in [1.29, 1.82) is 0 Å². The van der Waals surface area contributed by atoms with Crippen LogP contribution in [0, 0.1) is 6.92 Å². The third kappa shape index (κ3) is 2.45. The normalized spacial score (nSPS) is 9.86. The summed E-state index contributed by atoms with van der Waals surface area (Å²) in [5.41, 5.74) is 0.760. The molecule has 4 nitrogen and oxygen atoms in total. The van der Waals surface area contributed by atoms with Crippen LogP contribution in [0.2, 0.25) is 0 Å². The summed E-state index contributed by atoms with van der Waals surface area (Å²) in [6.07, 6.45) is 0.223. The predicted octanol–water partition coefficient (Wildman–Crippen LogP) is 0.720. The molecule has 0 radical (unpaired) electrons. The molecule has 14 heavy (non-hydrogen) atoms. The van der Waals surface area contributed by atoms with Crippen molar-refractivity contribution >= 4 is 5.97 Å². The second-order valence-corrected chi connectivity index (χ2v) is 2.98. The first-order chi connectivity index (χ1) is 6.65. The first kappa shape index (κ1) is 10.5. The summed E-state index contributed by atoms with van der Waals surface area (Å²) in [6.45, 7) is 2.21. The molecule has 0 amide bonds. The van der Waals surface area contributed by atoms with Crippen LogP contribution in [0.1, 0.15) is 12.1 Å². The Hall–Kier alpha value is -1.58. The maximum atomic E-state index is 11.4. The lowest BCUT2D eigenvalue weighted by Crippen LogP contribution is -2.22. The number of aryl methyl sites for hydroxylation is 1. The molecule has 76 valence electrons. The molecular weight excluding hydrogens is 182 g/mol. The first-order valence-electron chi connectivity index (χ1n) is 4.38. The van der Waals surface area contributed by atoms with Crippen LogP contribution >= 0.6 is 0 Å². The van der Waals surface area contributed by atoms with Gasteiger partial charge in [0.15, 0.2) is 0 Å². The van der Waals surface area contributed by atoms with Crippen LogP contribution in [0.4, 0.5) is 0 Å². The first-order valence-corrected chi connectivity index (χ1v) is 4.38. The molecule has 1 rings (SSSR count). The number of esters is 1. The van der Waals surface area contributed by atoms with Gasteiger partial charge in [0.05, 0.1) is 13.5 Å². The van der Waals surface area contributed by atoms with Gasteiger partial charge in [0.25, 0.3) is 5.56 Å². The van der Waals surface area contributed by atoms with Crippen molar-refractivity contribution in [3.05, 3.63) is 34.2 Å². The van der Waals surface area contributed by atoms with E-state index in [9.17, 15) is 9.59 Å². The molecule has 0 fully saturated rings. The molecule has 1 aromatic rings. The van der Waals surface area contributed by atoms with Gasteiger partial charge in [-0.3, -0.25) is 9.59 Å². The molecule has 0 saturated heterocycles. The Kier molecular flexibility index (Phi) is 3.45. The minimum absolute atomic E-state index is 0.0890. The highest BCUT2D eigenvalue weighted by Gasteiger charge is 2.03. The van der Waals surface area contributed by atoms with Crippen LogP contribution in [-0.2, 0) is 16.1 Å². The molecule has 0 atom stereocenters. The largest absolute Gasteiger partial charge is 0.469 e. The number of ether oxygens (including phenoxy) is 1. The molecule has 0 aliphatic carbocycles. The lowest BCUT2D eigenvalue weighted by Gasteiger charge is -2.07. The lowest BCUT2D eigenvalue weighted by atomic mass is 10.3. The van der Waals surface area contributed by atoms with Gasteiger partial charge in [0.2, 0.25) is 0 Å². The van der Waals surface area contributed by atoms with Gasteiger partial charge in [0, 0.05) is 18.3 Å². The van der Waals surface area contributed by atoms with Gasteiger partial charge in [-0.25, -0.2) is 0 Å². The molecular formula is C10H13NO3. The van der Waals surface area contributed by atoms with Crippen LogP contribution in [-0.4, -0.2) is 17.6 Å². The van der Waals surface area contributed by atoms with E-state index in [0.717, 1.165) is 5.69 Å². The summed E-state index contributed by atoms with van der Waals surface area (Å²) in [7, 11) is 1.34. The topological polar surface area (TPSA) is 48.3 Å². The molecule has 0 aliphatic heterocycles. The second kappa shape index (κ2) is 4.60. The summed E-state index contributed by atoms with van der Waals surface area (Å²) in [5, 5.41) is 0. The van der Waals surface area contributed by atoms with Gasteiger partial charge >= 0.3 is 5.97 Å². The molecule has 0 saturated carbocycles. The van der Waals surface area contributed by atoms with Crippen LogP contribution in [0.15, 0.2) is 23.0 Å². The average Bonchev–Trinajstić information content (AvgIpc) is 2.16. The van der Waals surface area contributed by atoms with Gasteiger partial charge in [-0.2, -0.15) is 0 Å². The van der Waals surface area contributed by atoms with Crippen molar-refractivity contribution in [2.24, 2.45) is 0 Å². The fraction of sp³-hybridized carbons (Fsp3) is 0.400. The second-order valence-electron chi connectivity index (χ2n) is 2.98. The zero-order chi connectivity index (χ0) is 10.6. The Morgan fingerprint density at radius 2 is 2.21 bits per heavy atom. The highest BCUT2D eigenvalue weighted by molar-refractivity contribution is 5.68. The van der Waals surface area contributed by atoms with Gasteiger partial charge < -0.3 is 9.30 Å². The molecule has 1 aromatic heterocycles. The third-order valence-corrected chi connectivity index (χ3v) is 2.04. The summed E-state index contributed by atoms with van der Waals surface area (Å²) in [5.74, 6) is -0.305.